The van der Waals surface area contributed by atoms with Crippen LogP contribution in [0.4, 0.5) is 0 Å². The Bertz CT molecular complexity index is 438. The smallest absolute Gasteiger partial charge is 0.259 e. The van der Waals surface area contributed by atoms with Crippen LogP contribution in [0, 0.1) is 11.3 Å². The van der Waals surface area contributed by atoms with Gasteiger partial charge in [-0.3, -0.25) is 14.5 Å². The van der Waals surface area contributed by atoms with Gasteiger partial charge in [-0.05, 0) is 25.7 Å². The first-order chi connectivity index (χ1) is 9.68. The molecule has 3 fully saturated rings. The lowest BCUT2D eigenvalue weighted by Gasteiger charge is -2.42. The number of carbonyl (C=O) groups is 2. The fourth-order valence-electron chi connectivity index (χ4n) is 3.69. The molecule has 5 heteroatoms. The van der Waals surface area contributed by atoms with Gasteiger partial charge in [0.05, 0.1) is 6.07 Å². The zero-order valence-corrected chi connectivity index (χ0v) is 11.6. The number of ether oxygens (including phenoxy) is 1. The highest BCUT2D eigenvalue weighted by Gasteiger charge is 2.54. The normalized spacial score (nSPS) is 33.5. The Morgan fingerprint density at radius 2 is 1.50 bits per heavy atom. The summed E-state index contributed by atoms with van der Waals surface area (Å²) in [6.45, 7) is 0. The Hall–Kier alpha value is -1.41. The summed E-state index contributed by atoms with van der Waals surface area (Å²) in [5.74, 6) is -0.572. The van der Waals surface area contributed by atoms with Crippen molar-refractivity contribution in [3.8, 4) is 6.07 Å². The second-order valence-corrected chi connectivity index (χ2v) is 6.11. The molecule has 0 aromatic carbocycles. The minimum atomic E-state index is -0.931. The lowest BCUT2D eigenvalue weighted by Crippen LogP contribution is -2.62. The highest BCUT2D eigenvalue weighted by Crippen LogP contribution is 2.38. The number of likely N-dealkylation sites (tertiary alicyclic amines) is 1. The van der Waals surface area contributed by atoms with Crippen molar-refractivity contribution in [2.75, 3.05) is 0 Å². The summed E-state index contributed by atoms with van der Waals surface area (Å²) in [4.78, 5) is 26.3. The molecule has 0 N–H and O–H groups in total. The first kappa shape index (κ1) is 13.6. The molecule has 0 spiro atoms. The van der Waals surface area contributed by atoms with Crippen LogP contribution in [0.25, 0.3) is 0 Å². The Morgan fingerprint density at radius 3 is 2.00 bits per heavy atom. The van der Waals surface area contributed by atoms with E-state index in [0.29, 0.717) is 25.7 Å². The summed E-state index contributed by atoms with van der Waals surface area (Å²) in [6, 6.07) is 2.31. The highest BCUT2D eigenvalue weighted by atomic mass is 16.5. The summed E-state index contributed by atoms with van der Waals surface area (Å²) in [6.07, 6.45) is 6.55. The number of amides is 2. The van der Waals surface area contributed by atoms with Crippen LogP contribution >= 0.6 is 0 Å². The van der Waals surface area contributed by atoms with Gasteiger partial charge in [0, 0.05) is 0 Å². The average molecular weight is 276 g/mol. The molecule has 2 unspecified atom stereocenters. The number of imide groups is 1. The maximum atomic E-state index is 12.5. The van der Waals surface area contributed by atoms with Gasteiger partial charge in [-0.25, -0.2) is 0 Å². The monoisotopic (exact) mass is 276 g/mol. The van der Waals surface area contributed by atoms with E-state index in [1.54, 1.807) is 0 Å². The van der Waals surface area contributed by atoms with Crippen LogP contribution in [0.2, 0.25) is 0 Å². The van der Waals surface area contributed by atoms with Gasteiger partial charge in [-0.15, -0.1) is 0 Å². The van der Waals surface area contributed by atoms with Crippen molar-refractivity contribution in [1.29, 1.82) is 5.26 Å². The van der Waals surface area contributed by atoms with Gasteiger partial charge >= 0.3 is 0 Å². The van der Waals surface area contributed by atoms with E-state index in [1.165, 1.54) is 11.3 Å². The van der Waals surface area contributed by atoms with Gasteiger partial charge in [-0.2, -0.15) is 5.26 Å². The third kappa shape index (κ3) is 2.03. The van der Waals surface area contributed by atoms with E-state index in [2.05, 4.69) is 6.07 Å². The number of morpholine rings is 1. The minimum absolute atomic E-state index is 0.286. The molecular weight excluding hydrogens is 256 g/mol. The summed E-state index contributed by atoms with van der Waals surface area (Å²) >= 11 is 0. The second-order valence-electron chi connectivity index (χ2n) is 6.11. The molecule has 2 aliphatic heterocycles. The van der Waals surface area contributed by atoms with Gasteiger partial charge in [0.1, 0.15) is 17.7 Å². The maximum Gasteiger partial charge on any atom is 0.259 e. The Morgan fingerprint density at radius 1 is 1.00 bits per heavy atom. The largest absolute Gasteiger partial charge is 0.355 e. The molecule has 5 nitrogen and oxygen atoms in total. The first-order valence-electron chi connectivity index (χ1n) is 7.63. The van der Waals surface area contributed by atoms with E-state index in [4.69, 9.17) is 4.74 Å². The van der Waals surface area contributed by atoms with E-state index in [9.17, 15) is 14.9 Å². The number of nitriles is 1. The van der Waals surface area contributed by atoms with E-state index >= 15 is 0 Å². The fourth-order valence-corrected chi connectivity index (χ4v) is 3.69. The van der Waals surface area contributed by atoms with E-state index in [1.807, 2.05) is 0 Å². The third-order valence-electron chi connectivity index (χ3n) is 4.83. The molecule has 2 atom stereocenters. The van der Waals surface area contributed by atoms with Crippen LogP contribution in [0.5, 0.6) is 0 Å². The van der Waals surface area contributed by atoms with Crippen LogP contribution in [0.15, 0.2) is 0 Å². The number of nitrogens with zero attached hydrogens (tertiary/aromatic N) is 2. The van der Waals surface area contributed by atoms with Crippen LogP contribution in [-0.4, -0.2) is 34.5 Å². The lowest BCUT2D eigenvalue weighted by molar-refractivity contribution is -0.175. The zero-order chi connectivity index (χ0) is 14.2. The second kappa shape index (κ2) is 5.17. The molecule has 3 aliphatic rings. The SMILES string of the molecule is N#CC1(N2C(=O)C3CCC(O3)C2=O)CCCCCCC1. The highest BCUT2D eigenvalue weighted by molar-refractivity contribution is 6.03. The van der Waals surface area contributed by atoms with Crippen molar-refractivity contribution in [2.45, 2.75) is 75.5 Å². The number of carbonyl (C=O) groups excluding carboxylic acids is 2. The minimum Gasteiger partial charge on any atom is -0.355 e. The van der Waals surface area contributed by atoms with Gasteiger partial charge in [0.15, 0.2) is 0 Å². The van der Waals surface area contributed by atoms with Crippen molar-refractivity contribution in [1.82, 2.24) is 4.90 Å². The molecule has 0 aromatic heterocycles. The Labute approximate surface area is 118 Å². The van der Waals surface area contributed by atoms with Crippen molar-refractivity contribution in [3.05, 3.63) is 0 Å². The van der Waals surface area contributed by atoms with Gasteiger partial charge in [-0.1, -0.05) is 32.1 Å². The zero-order valence-electron chi connectivity index (χ0n) is 11.6. The summed E-state index contributed by atoms with van der Waals surface area (Å²) < 4.78 is 5.44. The third-order valence-corrected chi connectivity index (χ3v) is 4.83. The number of fused-ring (bicyclic) bond motifs is 2. The molecule has 108 valence electrons. The predicted molar refractivity (Wildman–Crippen MR) is 70.4 cm³/mol. The molecule has 0 aromatic rings. The van der Waals surface area contributed by atoms with Gasteiger partial charge in [0.2, 0.25) is 0 Å². The van der Waals surface area contributed by atoms with Crippen LogP contribution < -0.4 is 0 Å². The molecule has 2 heterocycles. The lowest BCUT2D eigenvalue weighted by atomic mass is 9.83. The summed E-state index contributed by atoms with van der Waals surface area (Å²) in [5.41, 5.74) is -0.931. The number of hydrogen-bond donors (Lipinski definition) is 0. The Balaban J connectivity index is 1.92. The van der Waals surface area contributed by atoms with E-state index in [-0.39, 0.29) is 11.8 Å². The molecule has 2 bridgehead atoms. The van der Waals surface area contributed by atoms with Gasteiger partial charge < -0.3 is 4.74 Å². The molecule has 0 radical (unpaired) electrons. The van der Waals surface area contributed by atoms with Crippen LogP contribution in [0.1, 0.15) is 57.8 Å². The van der Waals surface area contributed by atoms with Crippen molar-refractivity contribution in [2.24, 2.45) is 0 Å². The van der Waals surface area contributed by atoms with Crippen LogP contribution in [0.3, 0.4) is 0 Å². The number of rotatable bonds is 1. The molecule has 2 amide bonds. The number of hydrogen-bond acceptors (Lipinski definition) is 4. The van der Waals surface area contributed by atoms with Crippen LogP contribution in [-0.2, 0) is 14.3 Å². The standard InChI is InChI=1S/C15H20N2O3/c16-10-15(8-4-2-1-3-5-9-15)17-13(18)11-6-7-12(20-11)14(17)19/h11-12H,1-9H2. The molecule has 20 heavy (non-hydrogen) atoms. The molecular formula is C15H20N2O3. The summed E-state index contributed by atoms with van der Waals surface area (Å²) in [5, 5.41) is 9.70. The molecule has 1 saturated carbocycles. The van der Waals surface area contributed by atoms with Gasteiger partial charge in [0.25, 0.3) is 11.8 Å². The van der Waals surface area contributed by atoms with E-state index < -0.39 is 17.7 Å². The average Bonchev–Trinajstić information content (AvgIpc) is 2.86. The van der Waals surface area contributed by atoms with Crippen molar-refractivity contribution < 1.29 is 14.3 Å². The maximum absolute atomic E-state index is 12.5. The summed E-state index contributed by atoms with van der Waals surface area (Å²) in [7, 11) is 0. The van der Waals surface area contributed by atoms with Crippen molar-refractivity contribution in [3.63, 3.8) is 0 Å². The van der Waals surface area contributed by atoms with Crippen molar-refractivity contribution >= 4 is 11.8 Å². The quantitative estimate of drug-likeness (QED) is 0.686. The topological polar surface area (TPSA) is 70.4 Å². The molecule has 2 saturated heterocycles. The predicted octanol–water partition coefficient (Wildman–Crippen LogP) is 1.91. The fraction of sp³-hybridized carbons (Fsp3) is 0.800. The van der Waals surface area contributed by atoms with E-state index in [0.717, 1.165) is 25.7 Å². The molecule has 3 rings (SSSR count). The molecule has 1 aliphatic carbocycles. The first-order valence-corrected chi connectivity index (χ1v) is 7.63. The Kier molecular flexibility index (Phi) is 3.51.